The van der Waals surface area contributed by atoms with E-state index >= 15 is 0 Å². The molecule has 0 amide bonds. The molecule has 0 saturated heterocycles. The van der Waals surface area contributed by atoms with E-state index in [9.17, 15) is 0 Å². The second-order valence-electron chi connectivity index (χ2n) is 3.30. The molecule has 1 rings (SSSR count). The Bertz CT molecular complexity index is 282. The Morgan fingerprint density at radius 2 is 2.17 bits per heavy atom. The van der Waals surface area contributed by atoms with Gasteiger partial charge in [0, 0.05) is 0 Å². The first-order chi connectivity index (χ1) is 5.72. The van der Waals surface area contributed by atoms with E-state index in [0.717, 1.165) is 6.42 Å². The third-order valence-corrected chi connectivity index (χ3v) is 2.06. The molecular formula is C12H16. The number of benzene rings is 1. The summed E-state index contributed by atoms with van der Waals surface area (Å²) in [5.41, 5.74) is 4.18. The van der Waals surface area contributed by atoms with Gasteiger partial charge in [0.15, 0.2) is 0 Å². The molecule has 0 aromatic heterocycles. The fraction of sp³-hybridized carbons (Fsp3) is 0.333. The van der Waals surface area contributed by atoms with Gasteiger partial charge in [-0.05, 0) is 32.8 Å². The minimum atomic E-state index is 1.08. The molecule has 0 bridgehead atoms. The number of allylic oxidation sites excluding steroid dienone is 2. The van der Waals surface area contributed by atoms with Gasteiger partial charge in [0.25, 0.3) is 0 Å². The Labute approximate surface area is 74.9 Å². The van der Waals surface area contributed by atoms with E-state index in [2.05, 4.69) is 51.1 Å². The molecule has 12 heavy (non-hydrogen) atoms. The van der Waals surface area contributed by atoms with Crippen LogP contribution >= 0.6 is 0 Å². The first-order valence-electron chi connectivity index (χ1n) is 4.39. The molecule has 1 aromatic rings. The van der Waals surface area contributed by atoms with Gasteiger partial charge >= 0.3 is 0 Å². The lowest BCUT2D eigenvalue weighted by Crippen LogP contribution is -1.86. The summed E-state index contributed by atoms with van der Waals surface area (Å²) in [6, 6.07) is 8.68. The largest absolute Gasteiger partial charge is 0.0884 e. The molecule has 0 heterocycles. The maximum Gasteiger partial charge on any atom is -0.00699 e. The van der Waals surface area contributed by atoms with E-state index in [1.807, 2.05) is 0 Å². The minimum absolute atomic E-state index is 1.08. The first kappa shape index (κ1) is 9.05. The summed E-state index contributed by atoms with van der Waals surface area (Å²) in [6.45, 7) is 6.39. The van der Waals surface area contributed by atoms with Crippen molar-refractivity contribution >= 4 is 0 Å². The van der Waals surface area contributed by atoms with Crippen LogP contribution in [0.4, 0.5) is 0 Å². The normalized spacial score (nSPS) is 11.8. The standard InChI is InChI=1S/C12H16/c1-4-10(2)8-12-7-5-6-11(3)9-12/h4-7,9H,8H2,1-3H3. The van der Waals surface area contributed by atoms with E-state index in [0.29, 0.717) is 0 Å². The van der Waals surface area contributed by atoms with E-state index in [1.54, 1.807) is 0 Å². The van der Waals surface area contributed by atoms with Crippen LogP contribution in [0.1, 0.15) is 25.0 Å². The third kappa shape index (κ3) is 2.54. The molecule has 0 aliphatic carbocycles. The topological polar surface area (TPSA) is 0 Å². The van der Waals surface area contributed by atoms with Crippen molar-refractivity contribution in [2.45, 2.75) is 27.2 Å². The molecule has 0 heteroatoms. The summed E-state index contributed by atoms with van der Waals surface area (Å²) in [5, 5.41) is 0. The SMILES string of the molecule is CC=C(C)Cc1cccc(C)c1. The average Bonchev–Trinajstić information content (AvgIpc) is 2.04. The van der Waals surface area contributed by atoms with Crippen molar-refractivity contribution in [1.29, 1.82) is 0 Å². The summed E-state index contributed by atoms with van der Waals surface area (Å²) >= 11 is 0. The Balaban J connectivity index is 2.76. The smallest absolute Gasteiger partial charge is 0.00699 e. The zero-order chi connectivity index (χ0) is 8.97. The van der Waals surface area contributed by atoms with E-state index < -0.39 is 0 Å². The van der Waals surface area contributed by atoms with Crippen molar-refractivity contribution < 1.29 is 0 Å². The van der Waals surface area contributed by atoms with Crippen LogP contribution < -0.4 is 0 Å². The second kappa shape index (κ2) is 4.10. The van der Waals surface area contributed by atoms with E-state index in [-0.39, 0.29) is 0 Å². The summed E-state index contributed by atoms with van der Waals surface area (Å²) in [4.78, 5) is 0. The van der Waals surface area contributed by atoms with Crippen LogP contribution in [-0.2, 0) is 6.42 Å². The predicted molar refractivity (Wildman–Crippen MR) is 54.3 cm³/mol. The third-order valence-electron chi connectivity index (χ3n) is 2.06. The number of rotatable bonds is 2. The Morgan fingerprint density at radius 3 is 2.75 bits per heavy atom. The molecule has 0 aliphatic rings. The molecule has 0 unspecified atom stereocenters. The van der Waals surface area contributed by atoms with Gasteiger partial charge in [-0.3, -0.25) is 0 Å². The van der Waals surface area contributed by atoms with Crippen LogP contribution in [-0.4, -0.2) is 0 Å². The summed E-state index contributed by atoms with van der Waals surface area (Å²) in [6.07, 6.45) is 3.25. The van der Waals surface area contributed by atoms with Gasteiger partial charge in [-0.25, -0.2) is 0 Å². The molecular weight excluding hydrogens is 144 g/mol. The van der Waals surface area contributed by atoms with Gasteiger partial charge in [-0.1, -0.05) is 41.5 Å². The van der Waals surface area contributed by atoms with E-state index in [4.69, 9.17) is 0 Å². The van der Waals surface area contributed by atoms with Crippen LogP contribution in [0.5, 0.6) is 0 Å². The average molecular weight is 160 g/mol. The Hall–Kier alpha value is -1.04. The monoisotopic (exact) mass is 160 g/mol. The highest BCUT2D eigenvalue weighted by Crippen LogP contribution is 2.09. The lowest BCUT2D eigenvalue weighted by atomic mass is 10.0. The van der Waals surface area contributed by atoms with Crippen molar-refractivity contribution in [3.05, 3.63) is 47.0 Å². The summed E-state index contributed by atoms with van der Waals surface area (Å²) in [5.74, 6) is 0. The zero-order valence-electron chi connectivity index (χ0n) is 8.09. The molecule has 0 saturated carbocycles. The van der Waals surface area contributed by atoms with Gasteiger partial charge in [-0.15, -0.1) is 0 Å². The number of hydrogen-bond donors (Lipinski definition) is 0. The molecule has 0 fully saturated rings. The highest BCUT2D eigenvalue weighted by atomic mass is 14.0. The van der Waals surface area contributed by atoms with Crippen molar-refractivity contribution in [3.8, 4) is 0 Å². The molecule has 0 aliphatic heterocycles. The molecule has 0 radical (unpaired) electrons. The minimum Gasteiger partial charge on any atom is -0.0884 e. The van der Waals surface area contributed by atoms with E-state index in [1.165, 1.54) is 16.7 Å². The van der Waals surface area contributed by atoms with Gasteiger partial charge < -0.3 is 0 Å². The fourth-order valence-corrected chi connectivity index (χ4v) is 1.25. The molecule has 0 spiro atoms. The maximum absolute atomic E-state index is 2.24. The van der Waals surface area contributed by atoms with Crippen LogP contribution in [0.3, 0.4) is 0 Å². The fourth-order valence-electron chi connectivity index (χ4n) is 1.25. The van der Waals surface area contributed by atoms with Gasteiger partial charge in [0.05, 0.1) is 0 Å². The van der Waals surface area contributed by atoms with Crippen molar-refractivity contribution in [2.75, 3.05) is 0 Å². The summed E-state index contributed by atoms with van der Waals surface area (Å²) < 4.78 is 0. The van der Waals surface area contributed by atoms with Gasteiger partial charge in [0.1, 0.15) is 0 Å². The van der Waals surface area contributed by atoms with Gasteiger partial charge in [-0.2, -0.15) is 0 Å². The molecule has 0 atom stereocenters. The highest BCUT2D eigenvalue weighted by molar-refractivity contribution is 5.25. The maximum atomic E-state index is 2.24. The van der Waals surface area contributed by atoms with Gasteiger partial charge in [0.2, 0.25) is 0 Å². The van der Waals surface area contributed by atoms with Crippen LogP contribution in [0.15, 0.2) is 35.9 Å². The predicted octanol–water partition coefficient (Wildman–Crippen LogP) is 3.50. The van der Waals surface area contributed by atoms with Crippen LogP contribution in [0.25, 0.3) is 0 Å². The van der Waals surface area contributed by atoms with Crippen molar-refractivity contribution in [2.24, 2.45) is 0 Å². The lowest BCUT2D eigenvalue weighted by molar-refractivity contribution is 1.13. The summed E-state index contributed by atoms with van der Waals surface area (Å²) in [7, 11) is 0. The Kier molecular flexibility index (Phi) is 3.09. The molecule has 1 aromatic carbocycles. The second-order valence-corrected chi connectivity index (χ2v) is 3.30. The first-order valence-corrected chi connectivity index (χ1v) is 4.39. The zero-order valence-corrected chi connectivity index (χ0v) is 8.09. The van der Waals surface area contributed by atoms with Crippen molar-refractivity contribution in [1.82, 2.24) is 0 Å². The Morgan fingerprint density at radius 1 is 1.42 bits per heavy atom. The highest BCUT2D eigenvalue weighted by Gasteiger charge is 1.93. The molecule has 0 nitrogen and oxygen atoms in total. The van der Waals surface area contributed by atoms with Crippen LogP contribution in [0.2, 0.25) is 0 Å². The number of hydrogen-bond acceptors (Lipinski definition) is 0. The van der Waals surface area contributed by atoms with Crippen LogP contribution in [0, 0.1) is 6.92 Å². The van der Waals surface area contributed by atoms with Crippen molar-refractivity contribution in [3.63, 3.8) is 0 Å². The lowest BCUT2D eigenvalue weighted by Gasteiger charge is -2.01. The molecule has 0 N–H and O–H groups in total. The number of aryl methyl sites for hydroxylation is 1. The quantitative estimate of drug-likeness (QED) is 0.581. The molecule has 64 valence electrons.